The minimum Gasteiger partial charge on any atom is -0.375 e. The van der Waals surface area contributed by atoms with Crippen LogP contribution in [0, 0.1) is 0 Å². The van der Waals surface area contributed by atoms with Crippen LogP contribution in [0.1, 0.15) is 17.3 Å². The number of hydrogen-bond donors (Lipinski definition) is 2. The number of carbonyl (C=O) groups excluding carboxylic acids is 2. The van der Waals surface area contributed by atoms with E-state index in [1.54, 1.807) is 17.0 Å². The fourth-order valence-electron chi connectivity index (χ4n) is 2.15. The summed E-state index contributed by atoms with van der Waals surface area (Å²) >= 11 is 0. The zero-order chi connectivity index (χ0) is 15.1. The number of amides is 3. The highest BCUT2D eigenvalue weighted by molar-refractivity contribution is 5.94. The van der Waals surface area contributed by atoms with Crippen molar-refractivity contribution in [2.45, 2.75) is 13.0 Å². The Hall–Kier alpha value is -2.08. The van der Waals surface area contributed by atoms with Gasteiger partial charge in [-0.15, -0.1) is 0 Å². The van der Waals surface area contributed by atoms with Crippen LogP contribution in [-0.4, -0.2) is 55.7 Å². The summed E-state index contributed by atoms with van der Waals surface area (Å²) < 4.78 is 5.39. The van der Waals surface area contributed by atoms with Gasteiger partial charge in [-0.25, -0.2) is 4.79 Å². The normalized spacial score (nSPS) is 18.1. The third-order valence-electron chi connectivity index (χ3n) is 3.25. The maximum atomic E-state index is 11.9. The molecular weight excluding hydrogens is 270 g/mol. The standard InChI is InChI=1S/C15H21N3O3/c1-12-11-18(9-10-21-12)15(20)17-8-7-16-14(19)13-5-3-2-4-6-13/h2-6,12H,7-11H2,1H3,(H,16,19)(H,17,20). The zero-order valence-electron chi connectivity index (χ0n) is 12.2. The SMILES string of the molecule is CC1CN(C(=O)NCCNC(=O)c2ccccc2)CCO1. The first-order chi connectivity index (χ1) is 10.2. The molecule has 6 heteroatoms. The molecule has 1 aromatic rings. The average molecular weight is 291 g/mol. The Kier molecular flexibility index (Phi) is 5.57. The molecule has 0 saturated carbocycles. The molecular formula is C15H21N3O3. The van der Waals surface area contributed by atoms with Gasteiger partial charge in [-0.2, -0.15) is 0 Å². The lowest BCUT2D eigenvalue weighted by atomic mass is 10.2. The van der Waals surface area contributed by atoms with Crippen molar-refractivity contribution >= 4 is 11.9 Å². The summed E-state index contributed by atoms with van der Waals surface area (Å²) in [5.41, 5.74) is 0.617. The van der Waals surface area contributed by atoms with Crippen LogP contribution in [0.4, 0.5) is 4.79 Å². The first kappa shape index (κ1) is 15.3. The van der Waals surface area contributed by atoms with Crippen molar-refractivity contribution in [3.8, 4) is 0 Å². The van der Waals surface area contributed by atoms with Gasteiger partial charge in [-0.3, -0.25) is 4.79 Å². The Labute approximate surface area is 124 Å². The van der Waals surface area contributed by atoms with Crippen LogP contribution in [0.15, 0.2) is 30.3 Å². The van der Waals surface area contributed by atoms with E-state index in [1.165, 1.54) is 0 Å². The van der Waals surface area contributed by atoms with Crippen LogP contribution in [0.5, 0.6) is 0 Å². The van der Waals surface area contributed by atoms with Gasteiger partial charge in [0, 0.05) is 31.7 Å². The van der Waals surface area contributed by atoms with Crippen molar-refractivity contribution in [3.63, 3.8) is 0 Å². The van der Waals surface area contributed by atoms with Gasteiger partial charge < -0.3 is 20.3 Å². The maximum Gasteiger partial charge on any atom is 0.317 e. The molecule has 0 aromatic heterocycles. The van der Waals surface area contributed by atoms with Gasteiger partial charge in [0.1, 0.15) is 0 Å². The Bertz CT molecular complexity index is 478. The van der Waals surface area contributed by atoms with E-state index < -0.39 is 0 Å². The quantitative estimate of drug-likeness (QED) is 0.808. The average Bonchev–Trinajstić information content (AvgIpc) is 2.52. The van der Waals surface area contributed by atoms with E-state index in [4.69, 9.17) is 4.74 Å². The molecule has 0 spiro atoms. The van der Waals surface area contributed by atoms with Gasteiger partial charge in [0.05, 0.1) is 12.7 Å². The van der Waals surface area contributed by atoms with E-state index in [0.29, 0.717) is 38.3 Å². The predicted molar refractivity (Wildman–Crippen MR) is 79.2 cm³/mol. The lowest BCUT2D eigenvalue weighted by Gasteiger charge is -2.31. The van der Waals surface area contributed by atoms with Gasteiger partial charge >= 0.3 is 6.03 Å². The molecule has 0 radical (unpaired) electrons. The fraction of sp³-hybridized carbons (Fsp3) is 0.467. The third-order valence-corrected chi connectivity index (χ3v) is 3.25. The minimum atomic E-state index is -0.134. The molecule has 1 aliphatic heterocycles. The van der Waals surface area contributed by atoms with Crippen LogP contribution in [0.2, 0.25) is 0 Å². The van der Waals surface area contributed by atoms with E-state index in [-0.39, 0.29) is 18.0 Å². The van der Waals surface area contributed by atoms with Crippen LogP contribution in [-0.2, 0) is 4.74 Å². The molecule has 1 aliphatic rings. The molecule has 6 nitrogen and oxygen atoms in total. The number of carbonyl (C=O) groups is 2. The highest BCUT2D eigenvalue weighted by atomic mass is 16.5. The monoisotopic (exact) mass is 291 g/mol. The topological polar surface area (TPSA) is 70.7 Å². The van der Waals surface area contributed by atoms with Gasteiger partial charge in [-0.1, -0.05) is 18.2 Å². The summed E-state index contributed by atoms with van der Waals surface area (Å²) in [4.78, 5) is 25.4. The lowest BCUT2D eigenvalue weighted by Crippen LogP contribution is -2.50. The molecule has 0 aliphatic carbocycles. The number of rotatable bonds is 4. The molecule has 21 heavy (non-hydrogen) atoms. The molecule has 2 N–H and O–H groups in total. The number of urea groups is 1. The Balaban J connectivity index is 1.65. The minimum absolute atomic E-state index is 0.0716. The summed E-state index contributed by atoms with van der Waals surface area (Å²) in [7, 11) is 0. The number of ether oxygens (including phenoxy) is 1. The van der Waals surface area contributed by atoms with Crippen LogP contribution in [0.25, 0.3) is 0 Å². The summed E-state index contributed by atoms with van der Waals surface area (Å²) in [5.74, 6) is -0.134. The fourth-order valence-corrected chi connectivity index (χ4v) is 2.15. The molecule has 1 aromatic carbocycles. The smallest absolute Gasteiger partial charge is 0.317 e. The molecule has 114 valence electrons. The van der Waals surface area contributed by atoms with Gasteiger partial charge in [0.2, 0.25) is 0 Å². The summed E-state index contributed by atoms with van der Waals surface area (Å²) in [5, 5.41) is 5.57. The van der Waals surface area contributed by atoms with E-state index >= 15 is 0 Å². The lowest BCUT2D eigenvalue weighted by molar-refractivity contribution is -0.00342. The van der Waals surface area contributed by atoms with Crippen molar-refractivity contribution in [1.82, 2.24) is 15.5 Å². The van der Waals surface area contributed by atoms with Crippen molar-refractivity contribution in [2.24, 2.45) is 0 Å². The number of hydrogen-bond acceptors (Lipinski definition) is 3. The molecule has 1 fully saturated rings. The molecule has 1 unspecified atom stereocenters. The number of benzene rings is 1. The van der Waals surface area contributed by atoms with E-state index in [2.05, 4.69) is 10.6 Å². The second-order valence-electron chi connectivity index (χ2n) is 4.98. The van der Waals surface area contributed by atoms with Crippen LogP contribution < -0.4 is 10.6 Å². The first-order valence-electron chi connectivity index (χ1n) is 7.14. The van der Waals surface area contributed by atoms with E-state index in [9.17, 15) is 9.59 Å². The highest BCUT2D eigenvalue weighted by Gasteiger charge is 2.20. The van der Waals surface area contributed by atoms with E-state index in [1.807, 2.05) is 25.1 Å². The van der Waals surface area contributed by atoms with Gasteiger partial charge in [0.15, 0.2) is 0 Å². The van der Waals surface area contributed by atoms with Crippen molar-refractivity contribution in [1.29, 1.82) is 0 Å². The largest absolute Gasteiger partial charge is 0.375 e. The van der Waals surface area contributed by atoms with Gasteiger partial charge in [0.25, 0.3) is 5.91 Å². The first-order valence-corrected chi connectivity index (χ1v) is 7.14. The number of morpholine rings is 1. The van der Waals surface area contributed by atoms with Crippen molar-refractivity contribution < 1.29 is 14.3 Å². The number of nitrogens with one attached hydrogen (secondary N) is 2. The molecule has 3 amide bonds. The molecule has 2 rings (SSSR count). The summed E-state index contributed by atoms with van der Waals surface area (Å²) in [6.07, 6.45) is 0.0716. The second-order valence-corrected chi connectivity index (χ2v) is 4.98. The van der Waals surface area contributed by atoms with Crippen LogP contribution in [0.3, 0.4) is 0 Å². The molecule has 1 heterocycles. The Morgan fingerprint density at radius 1 is 1.24 bits per heavy atom. The van der Waals surface area contributed by atoms with Crippen molar-refractivity contribution in [3.05, 3.63) is 35.9 Å². The van der Waals surface area contributed by atoms with Crippen molar-refractivity contribution in [2.75, 3.05) is 32.8 Å². The molecule has 1 atom stereocenters. The second kappa shape index (κ2) is 7.64. The maximum absolute atomic E-state index is 11.9. The summed E-state index contributed by atoms with van der Waals surface area (Å²) in [6, 6.07) is 8.89. The Morgan fingerprint density at radius 2 is 1.95 bits per heavy atom. The predicted octanol–water partition coefficient (Wildman–Crippen LogP) is 0.847. The number of nitrogens with zero attached hydrogens (tertiary/aromatic N) is 1. The molecule has 1 saturated heterocycles. The van der Waals surface area contributed by atoms with E-state index in [0.717, 1.165) is 0 Å². The third kappa shape index (κ3) is 4.75. The summed E-state index contributed by atoms with van der Waals surface area (Å²) in [6.45, 7) is 4.52. The highest BCUT2D eigenvalue weighted by Crippen LogP contribution is 2.03. The van der Waals surface area contributed by atoms with Gasteiger partial charge in [-0.05, 0) is 19.1 Å². The molecule has 0 bridgehead atoms. The van der Waals surface area contributed by atoms with Crippen LogP contribution >= 0.6 is 0 Å². The zero-order valence-corrected chi connectivity index (χ0v) is 12.2. The Morgan fingerprint density at radius 3 is 2.67 bits per heavy atom.